The maximum absolute atomic E-state index is 11.5. The van der Waals surface area contributed by atoms with Crippen molar-refractivity contribution < 1.29 is 9.90 Å². The van der Waals surface area contributed by atoms with Gasteiger partial charge in [0.15, 0.2) is 0 Å². The number of anilines is 1. The quantitative estimate of drug-likeness (QED) is 0.825. The fourth-order valence-corrected chi connectivity index (χ4v) is 2.84. The highest BCUT2D eigenvalue weighted by Gasteiger charge is 2.20. The van der Waals surface area contributed by atoms with Gasteiger partial charge in [-0.15, -0.1) is 0 Å². The van der Waals surface area contributed by atoms with E-state index in [0.29, 0.717) is 15.2 Å². The van der Waals surface area contributed by atoms with Crippen LogP contribution in [-0.2, 0) is 0 Å². The van der Waals surface area contributed by atoms with Crippen LogP contribution in [0.1, 0.15) is 28.9 Å². The Morgan fingerprint density at radius 1 is 1.24 bits per heavy atom. The number of hydrogen-bond donors (Lipinski definition) is 1. The summed E-state index contributed by atoms with van der Waals surface area (Å²) in [5.74, 6) is -0.951. The van der Waals surface area contributed by atoms with E-state index >= 15 is 0 Å². The van der Waals surface area contributed by atoms with E-state index in [0.717, 1.165) is 5.56 Å². The van der Waals surface area contributed by atoms with E-state index < -0.39 is 5.97 Å². The Kier molecular flexibility index (Phi) is 4.91. The van der Waals surface area contributed by atoms with Crippen molar-refractivity contribution in [2.75, 3.05) is 11.9 Å². The lowest BCUT2D eigenvalue weighted by Gasteiger charge is -2.29. The second kappa shape index (κ2) is 6.50. The molecule has 0 radical (unpaired) electrons. The van der Waals surface area contributed by atoms with Crippen LogP contribution in [-0.4, -0.2) is 18.1 Å². The summed E-state index contributed by atoms with van der Waals surface area (Å²) in [7, 11) is 1.88. The Hall–Kier alpha value is -1.52. The van der Waals surface area contributed by atoms with Crippen molar-refractivity contribution in [1.82, 2.24) is 0 Å². The van der Waals surface area contributed by atoms with E-state index in [4.69, 9.17) is 11.6 Å². The van der Waals surface area contributed by atoms with Crippen molar-refractivity contribution in [3.05, 3.63) is 63.1 Å². The molecule has 110 valence electrons. The summed E-state index contributed by atoms with van der Waals surface area (Å²) in [5, 5.41) is 10.1. The van der Waals surface area contributed by atoms with Gasteiger partial charge in [-0.2, -0.15) is 0 Å². The van der Waals surface area contributed by atoms with Gasteiger partial charge in [-0.1, -0.05) is 29.8 Å². The van der Waals surface area contributed by atoms with Crippen molar-refractivity contribution in [2.24, 2.45) is 0 Å². The zero-order valence-corrected chi connectivity index (χ0v) is 14.0. The van der Waals surface area contributed by atoms with Gasteiger partial charge >= 0.3 is 5.97 Å². The van der Waals surface area contributed by atoms with Gasteiger partial charge in [0.05, 0.1) is 17.3 Å². The minimum Gasteiger partial charge on any atom is -0.478 e. The van der Waals surface area contributed by atoms with Gasteiger partial charge < -0.3 is 10.0 Å². The molecule has 2 aromatic carbocycles. The predicted octanol–water partition coefficient (Wildman–Crippen LogP) is 5.00. The first kappa shape index (κ1) is 15.9. The number of nitrogens with zero attached hydrogens (tertiary/aromatic N) is 1. The highest BCUT2D eigenvalue weighted by atomic mass is 79.9. The van der Waals surface area contributed by atoms with Gasteiger partial charge in [0.2, 0.25) is 0 Å². The molecule has 21 heavy (non-hydrogen) atoms. The normalized spacial score (nSPS) is 12.0. The minimum atomic E-state index is -0.951. The maximum Gasteiger partial charge on any atom is 0.338 e. The van der Waals surface area contributed by atoms with Gasteiger partial charge in [-0.25, -0.2) is 4.79 Å². The minimum absolute atomic E-state index is 0.0228. The molecule has 1 unspecified atom stereocenters. The zero-order valence-electron chi connectivity index (χ0n) is 11.7. The lowest BCUT2D eigenvalue weighted by Crippen LogP contribution is -2.24. The molecule has 0 saturated carbocycles. The van der Waals surface area contributed by atoms with Crippen LogP contribution in [0.4, 0.5) is 5.69 Å². The third kappa shape index (κ3) is 3.39. The van der Waals surface area contributed by atoms with E-state index in [1.165, 1.54) is 0 Å². The first-order valence-electron chi connectivity index (χ1n) is 6.42. The van der Waals surface area contributed by atoms with Crippen LogP contribution < -0.4 is 4.90 Å². The van der Waals surface area contributed by atoms with E-state index in [2.05, 4.69) is 15.9 Å². The Balaban J connectivity index is 2.40. The monoisotopic (exact) mass is 367 g/mol. The number of halogens is 2. The third-order valence-corrected chi connectivity index (χ3v) is 4.43. The Bertz CT molecular complexity index is 658. The van der Waals surface area contributed by atoms with Crippen LogP contribution in [0.25, 0.3) is 0 Å². The molecule has 0 aromatic heterocycles. The van der Waals surface area contributed by atoms with Crippen molar-refractivity contribution in [3.63, 3.8) is 0 Å². The van der Waals surface area contributed by atoms with Crippen molar-refractivity contribution in [1.29, 1.82) is 0 Å². The molecular weight excluding hydrogens is 354 g/mol. The number of carboxylic acids is 1. The largest absolute Gasteiger partial charge is 0.478 e. The number of carboxylic acid groups (broad SMARTS) is 1. The summed E-state index contributed by atoms with van der Waals surface area (Å²) in [6.07, 6.45) is 0. The van der Waals surface area contributed by atoms with Gasteiger partial charge in [-0.05, 0) is 52.7 Å². The molecule has 0 bridgehead atoms. The number of rotatable bonds is 4. The van der Waals surface area contributed by atoms with Crippen LogP contribution in [0.15, 0.2) is 46.9 Å². The summed E-state index contributed by atoms with van der Waals surface area (Å²) in [6.45, 7) is 2.02. The zero-order chi connectivity index (χ0) is 15.6. The SMILES string of the molecule is CC(c1ccc(Cl)cc1)N(C)c1cccc(Br)c1C(=O)O. The van der Waals surface area contributed by atoms with Gasteiger partial charge in [0, 0.05) is 16.5 Å². The molecule has 2 aromatic rings. The van der Waals surface area contributed by atoms with Gasteiger partial charge in [0.25, 0.3) is 0 Å². The fourth-order valence-electron chi connectivity index (χ4n) is 2.19. The molecule has 0 saturated heterocycles. The van der Waals surface area contributed by atoms with E-state index in [1.54, 1.807) is 12.1 Å². The van der Waals surface area contributed by atoms with Crippen LogP contribution in [0.5, 0.6) is 0 Å². The highest BCUT2D eigenvalue weighted by molar-refractivity contribution is 9.10. The molecule has 1 N–H and O–H groups in total. The summed E-state index contributed by atoms with van der Waals surface area (Å²) in [6, 6.07) is 12.9. The molecule has 5 heteroatoms. The molecule has 0 heterocycles. The summed E-state index contributed by atoms with van der Waals surface area (Å²) in [4.78, 5) is 13.4. The molecule has 0 fully saturated rings. The second-order valence-electron chi connectivity index (χ2n) is 4.78. The van der Waals surface area contributed by atoms with Crippen molar-refractivity contribution >= 4 is 39.2 Å². The Labute approximate surface area is 137 Å². The molecule has 0 aliphatic heterocycles. The predicted molar refractivity (Wildman–Crippen MR) is 89.4 cm³/mol. The second-order valence-corrected chi connectivity index (χ2v) is 6.07. The van der Waals surface area contributed by atoms with Gasteiger partial charge in [-0.3, -0.25) is 0 Å². The Morgan fingerprint density at radius 2 is 1.86 bits per heavy atom. The molecule has 3 nitrogen and oxygen atoms in total. The molecule has 0 aliphatic carbocycles. The molecule has 0 aliphatic rings. The lowest BCUT2D eigenvalue weighted by atomic mass is 10.1. The van der Waals surface area contributed by atoms with Crippen LogP contribution >= 0.6 is 27.5 Å². The van der Waals surface area contributed by atoms with Crippen molar-refractivity contribution in [3.8, 4) is 0 Å². The van der Waals surface area contributed by atoms with Crippen LogP contribution in [0, 0.1) is 0 Å². The topological polar surface area (TPSA) is 40.5 Å². The number of benzene rings is 2. The number of aromatic carboxylic acids is 1. The summed E-state index contributed by atoms with van der Waals surface area (Å²) < 4.78 is 0.572. The van der Waals surface area contributed by atoms with Crippen LogP contribution in [0.2, 0.25) is 5.02 Å². The van der Waals surface area contributed by atoms with E-state index in [1.807, 2.05) is 49.2 Å². The summed E-state index contributed by atoms with van der Waals surface area (Å²) >= 11 is 9.21. The summed E-state index contributed by atoms with van der Waals surface area (Å²) in [5.41, 5.74) is 2.00. The number of hydrogen-bond acceptors (Lipinski definition) is 2. The van der Waals surface area contributed by atoms with E-state index in [-0.39, 0.29) is 11.6 Å². The average molecular weight is 369 g/mol. The van der Waals surface area contributed by atoms with E-state index in [9.17, 15) is 9.90 Å². The average Bonchev–Trinajstić information content (AvgIpc) is 2.46. The third-order valence-electron chi connectivity index (χ3n) is 3.52. The molecule has 2 rings (SSSR count). The standard InChI is InChI=1S/C16H15BrClNO2/c1-10(11-6-8-12(18)9-7-11)19(2)14-5-3-4-13(17)15(14)16(20)21/h3-10H,1-2H3,(H,20,21). The first-order valence-corrected chi connectivity index (χ1v) is 7.59. The highest BCUT2D eigenvalue weighted by Crippen LogP contribution is 2.32. The smallest absolute Gasteiger partial charge is 0.338 e. The maximum atomic E-state index is 11.5. The lowest BCUT2D eigenvalue weighted by molar-refractivity contribution is 0.0696. The molecule has 1 atom stereocenters. The fraction of sp³-hybridized carbons (Fsp3) is 0.188. The number of carbonyl (C=O) groups is 1. The molecular formula is C16H15BrClNO2. The van der Waals surface area contributed by atoms with Crippen molar-refractivity contribution in [2.45, 2.75) is 13.0 Å². The molecule has 0 amide bonds. The molecule has 0 spiro atoms. The first-order chi connectivity index (χ1) is 9.91. The van der Waals surface area contributed by atoms with Gasteiger partial charge in [0.1, 0.15) is 0 Å². The Morgan fingerprint density at radius 3 is 2.43 bits per heavy atom. The van der Waals surface area contributed by atoms with Crippen LogP contribution in [0.3, 0.4) is 0 Å².